The average Bonchev–Trinajstić information content (AvgIpc) is 2.36. The number of hydrogen-bond acceptors (Lipinski definition) is 4. The third-order valence-electron chi connectivity index (χ3n) is 2.99. The lowest BCUT2D eigenvalue weighted by Crippen LogP contribution is -2.27. The molecule has 1 aromatic heterocycles. The fraction of sp³-hybridized carbons (Fsp3) is 0.615. The Morgan fingerprint density at radius 2 is 1.85 bits per heavy atom. The first-order valence-corrected chi connectivity index (χ1v) is 6.42. The first-order chi connectivity index (χ1) is 9.27. The summed E-state index contributed by atoms with van der Waals surface area (Å²) in [6.07, 6.45) is -3.97. The number of rotatable bonds is 6. The molecule has 0 aliphatic carbocycles. The van der Waals surface area contributed by atoms with Gasteiger partial charge in [-0.1, -0.05) is 13.8 Å². The van der Waals surface area contributed by atoms with Crippen molar-refractivity contribution in [2.24, 2.45) is 5.92 Å². The molecule has 0 saturated carbocycles. The minimum atomic E-state index is -4.42. The number of nitrogens with zero attached hydrogens (tertiary/aromatic N) is 1. The van der Waals surface area contributed by atoms with Crippen molar-refractivity contribution in [1.82, 2.24) is 4.98 Å². The second kappa shape index (κ2) is 6.78. The van der Waals surface area contributed by atoms with E-state index in [-0.39, 0.29) is 30.2 Å². The summed E-state index contributed by atoms with van der Waals surface area (Å²) in [5.74, 6) is 0.460. The van der Waals surface area contributed by atoms with Crippen LogP contribution < -0.4 is 10.6 Å². The Kier molecular flexibility index (Phi) is 5.62. The molecule has 4 nitrogen and oxygen atoms in total. The Balaban J connectivity index is 3.04. The van der Waals surface area contributed by atoms with Gasteiger partial charge >= 0.3 is 6.18 Å². The van der Waals surface area contributed by atoms with Crippen molar-refractivity contribution in [3.63, 3.8) is 0 Å². The number of alkyl halides is 3. The Labute approximate surface area is 116 Å². The van der Waals surface area contributed by atoms with Crippen LogP contribution in [0.25, 0.3) is 0 Å². The lowest BCUT2D eigenvalue weighted by atomic mass is 10.0. The van der Waals surface area contributed by atoms with Gasteiger partial charge in [-0.05, 0) is 24.5 Å². The summed E-state index contributed by atoms with van der Waals surface area (Å²) in [5.41, 5.74) is -0.758. The van der Waals surface area contributed by atoms with Gasteiger partial charge in [0, 0.05) is 19.7 Å². The maximum absolute atomic E-state index is 12.8. The van der Waals surface area contributed by atoms with Crippen molar-refractivity contribution in [3.05, 3.63) is 17.7 Å². The van der Waals surface area contributed by atoms with E-state index in [1.54, 1.807) is 0 Å². The van der Waals surface area contributed by atoms with Gasteiger partial charge < -0.3 is 15.7 Å². The van der Waals surface area contributed by atoms with Crippen LogP contribution in [-0.2, 0) is 6.18 Å². The van der Waals surface area contributed by atoms with Crippen LogP contribution in [-0.4, -0.2) is 29.8 Å². The molecule has 0 radical (unpaired) electrons. The van der Waals surface area contributed by atoms with Crippen LogP contribution in [0.15, 0.2) is 12.1 Å². The normalized spacial score (nSPS) is 13.4. The molecule has 1 rings (SSSR count). The molecular formula is C13H20F3N3O. The van der Waals surface area contributed by atoms with Crippen LogP contribution >= 0.6 is 0 Å². The first-order valence-electron chi connectivity index (χ1n) is 6.42. The van der Waals surface area contributed by atoms with Crippen LogP contribution in [0.4, 0.5) is 24.8 Å². The predicted molar refractivity (Wildman–Crippen MR) is 72.7 cm³/mol. The first kappa shape index (κ1) is 16.6. The lowest BCUT2D eigenvalue weighted by Gasteiger charge is -2.23. The number of aliphatic hydroxyl groups is 1. The van der Waals surface area contributed by atoms with E-state index in [2.05, 4.69) is 15.6 Å². The standard InChI is InChI=1S/C13H20F3N3O/c1-8(2)10(4-5-20)18-12-7-9(13(14,15)16)6-11(17-3)19-12/h6-8,10,20H,4-5H2,1-3H3,(H2,17,18,19). The van der Waals surface area contributed by atoms with Gasteiger partial charge in [-0.25, -0.2) is 4.98 Å². The lowest BCUT2D eigenvalue weighted by molar-refractivity contribution is -0.137. The Bertz CT molecular complexity index is 435. The topological polar surface area (TPSA) is 57.2 Å². The molecular weight excluding hydrogens is 271 g/mol. The fourth-order valence-corrected chi connectivity index (χ4v) is 1.80. The number of nitrogens with one attached hydrogen (secondary N) is 2. The highest BCUT2D eigenvalue weighted by Crippen LogP contribution is 2.32. The molecule has 0 amide bonds. The highest BCUT2D eigenvalue weighted by Gasteiger charge is 2.31. The van der Waals surface area contributed by atoms with Gasteiger partial charge in [0.15, 0.2) is 0 Å². The van der Waals surface area contributed by atoms with E-state index in [1.807, 2.05) is 13.8 Å². The van der Waals surface area contributed by atoms with Gasteiger partial charge in [-0.15, -0.1) is 0 Å². The summed E-state index contributed by atoms with van der Waals surface area (Å²) < 4.78 is 38.4. The third-order valence-corrected chi connectivity index (χ3v) is 2.99. The van der Waals surface area contributed by atoms with Crippen molar-refractivity contribution in [1.29, 1.82) is 0 Å². The van der Waals surface area contributed by atoms with Gasteiger partial charge in [0.05, 0.1) is 5.56 Å². The number of hydrogen-bond donors (Lipinski definition) is 3. The molecule has 20 heavy (non-hydrogen) atoms. The van der Waals surface area contributed by atoms with E-state index < -0.39 is 11.7 Å². The van der Waals surface area contributed by atoms with Crippen LogP contribution in [0.2, 0.25) is 0 Å². The predicted octanol–water partition coefficient (Wildman–Crippen LogP) is 2.96. The molecule has 1 unspecified atom stereocenters. The zero-order valence-electron chi connectivity index (χ0n) is 11.8. The van der Waals surface area contributed by atoms with Crippen LogP contribution in [0, 0.1) is 5.92 Å². The van der Waals surface area contributed by atoms with Gasteiger partial charge in [-0.2, -0.15) is 13.2 Å². The number of aliphatic hydroxyl groups excluding tert-OH is 1. The number of halogens is 3. The van der Waals surface area contributed by atoms with Crippen molar-refractivity contribution < 1.29 is 18.3 Å². The minimum Gasteiger partial charge on any atom is -0.396 e. The van der Waals surface area contributed by atoms with Gasteiger partial charge in [-0.3, -0.25) is 0 Å². The summed E-state index contributed by atoms with van der Waals surface area (Å²) in [6, 6.07) is 1.80. The average molecular weight is 291 g/mol. The number of aromatic nitrogens is 1. The molecule has 0 aromatic carbocycles. The minimum absolute atomic E-state index is 0.0340. The summed E-state index contributed by atoms with van der Waals surface area (Å²) in [7, 11) is 1.51. The van der Waals surface area contributed by atoms with E-state index >= 15 is 0 Å². The monoisotopic (exact) mass is 291 g/mol. The summed E-state index contributed by atoms with van der Waals surface area (Å²) in [4.78, 5) is 4.07. The zero-order valence-corrected chi connectivity index (χ0v) is 11.8. The quantitative estimate of drug-likeness (QED) is 0.754. The number of anilines is 2. The van der Waals surface area contributed by atoms with Crippen LogP contribution in [0.1, 0.15) is 25.8 Å². The molecule has 0 aliphatic rings. The number of pyridine rings is 1. The summed E-state index contributed by atoms with van der Waals surface area (Å²) in [5, 5.41) is 14.6. The van der Waals surface area contributed by atoms with Crippen LogP contribution in [0.5, 0.6) is 0 Å². The summed E-state index contributed by atoms with van der Waals surface area (Å²) >= 11 is 0. The van der Waals surface area contributed by atoms with Crippen LogP contribution in [0.3, 0.4) is 0 Å². The molecule has 1 atom stereocenters. The van der Waals surface area contributed by atoms with E-state index in [1.165, 1.54) is 7.05 Å². The van der Waals surface area contributed by atoms with Crippen molar-refractivity contribution in [2.45, 2.75) is 32.5 Å². The highest BCUT2D eigenvalue weighted by molar-refractivity contribution is 5.50. The maximum atomic E-state index is 12.8. The molecule has 0 bridgehead atoms. The van der Waals surface area contributed by atoms with E-state index in [4.69, 9.17) is 5.11 Å². The molecule has 0 saturated heterocycles. The van der Waals surface area contributed by atoms with Gasteiger partial charge in [0.1, 0.15) is 11.6 Å². The second-order valence-electron chi connectivity index (χ2n) is 4.88. The molecule has 1 heterocycles. The molecule has 7 heteroatoms. The Hall–Kier alpha value is -1.50. The highest BCUT2D eigenvalue weighted by atomic mass is 19.4. The maximum Gasteiger partial charge on any atom is 0.416 e. The van der Waals surface area contributed by atoms with Crippen molar-refractivity contribution in [3.8, 4) is 0 Å². The van der Waals surface area contributed by atoms with Gasteiger partial charge in [0.25, 0.3) is 0 Å². The molecule has 114 valence electrons. The van der Waals surface area contributed by atoms with E-state index in [9.17, 15) is 13.2 Å². The van der Waals surface area contributed by atoms with E-state index in [0.717, 1.165) is 12.1 Å². The van der Waals surface area contributed by atoms with Gasteiger partial charge in [0.2, 0.25) is 0 Å². The summed E-state index contributed by atoms with van der Waals surface area (Å²) in [6.45, 7) is 3.83. The largest absolute Gasteiger partial charge is 0.416 e. The molecule has 1 aromatic rings. The second-order valence-corrected chi connectivity index (χ2v) is 4.88. The molecule has 0 aliphatic heterocycles. The van der Waals surface area contributed by atoms with Crippen molar-refractivity contribution in [2.75, 3.05) is 24.3 Å². The molecule has 3 N–H and O–H groups in total. The smallest absolute Gasteiger partial charge is 0.396 e. The Morgan fingerprint density at radius 1 is 1.25 bits per heavy atom. The zero-order chi connectivity index (χ0) is 15.3. The fourth-order valence-electron chi connectivity index (χ4n) is 1.80. The molecule has 0 fully saturated rings. The SMILES string of the molecule is CNc1cc(C(F)(F)F)cc(NC(CCO)C(C)C)n1. The van der Waals surface area contributed by atoms with Crippen molar-refractivity contribution >= 4 is 11.6 Å². The third kappa shape index (κ3) is 4.56. The van der Waals surface area contributed by atoms with E-state index in [0.29, 0.717) is 6.42 Å². The molecule has 0 spiro atoms. The Morgan fingerprint density at radius 3 is 2.30 bits per heavy atom.